The molecule has 0 aliphatic carbocycles. The Balaban J connectivity index is 2.49. The molecule has 100 valence electrons. The monoisotopic (exact) mass is 261 g/mol. The van der Waals surface area contributed by atoms with E-state index in [0.29, 0.717) is 12.1 Å². The van der Waals surface area contributed by atoms with E-state index in [1.54, 1.807) is 0 Å². The lowest BCUT2D eigenvalue weighted by Crippen LogP contribution is -2.15. The van der Waals surface area contributed by atoms with E-state index in [4.69, 9.17) is 4.74 Å². The molecule has 18 heavy (non-hydrogen) atoms. The first-order valence-corrected chi connectivity index (χ1v) is 5.63. The molecule has 1 rings (SSSR count). The first-order chi connectivity index (χ1) is 8.54. The molecule has 1 amide bonds. The zero-order valence-corrected chi connectivity index (χ0v) is 9.93. The maximum absolute atomic E-state index is 12.8. The quantitative estimate of drug-likeness (QED) is 0.646. The van der Waals surface area contributed by atoms with Crippen LogP contribution in [0.3, 0.4) is 0 Å². The molecule has 1 aromatic carbocycles. The minimum absolute atomic E-state index is 0.188. The summed E-state index contributed by atoms with van der Waals surface area (Å²) in [7, 11) is 0. The van der Waals surface area contributed by atoms with Gasteiger partial charge in [-0.15, -0.1) is 0 Å². The van der Waals surface area contributed by atoms with Gasteiger partial charge < -0.3 is 4.74 Å². The van der Waals surface area contributed by atoms with Crippen LogP contribution < -0.4 is 5.32 Å². The van der Waals surface area contributed by atoms with E-state index in [2.05, 4.69) is 5.32 Å². The van der Waals surface area contributed by atoms with Gasteiger partial charge in [0.25, 0.3) is 0 Å². The molecule has 0 aromatic heterocycles. The van der Waals surface area contributed by atoms with Gasteiger partial charge in [0.2, 0.25) is 0 Å². The van der Waals surface area contributed by atoms with Gasteiger partial charge in [0.05, 0.1) is 12.3 Å². The van der Waals surface area contributed by atoms with Gasteiger partial charge in [0, 0.05) is 12.1 Å². The van der Waals surface area contributed by atoms with Crippen molar-refractivity contribution in [2.24, 2.45) is 0 Å². The summed E-state index contributed by atoms with van der Waals surface area (Å²) >= 11 is 0. The summed E-state index contributed by atoms with van der Waals surface area (Å²) in [5, 5.41) is 2.12. The summed E-state index contributed by atoms with van der Waals surface area (Å²) in [4.78, 5) is 11.2. The lowest BCUT2D eigenvalue weighted by molar-refractivity contribution is 0.159. The smallest absolute Gasteiger partial charge is 0.411 e. The summed E-state index contributed by atoms with van der Waals surface area (Å²) in [6.07, 6.45) is 1.80. The van der Waals surface area contributed by atoms with Crippen molar-refractivity contribution < 1.29 is 22.7 Å². The Morgan fingerprint density at radius 1 is 1.22 bits per heavy atom. The molecule has 0 aliphatic rings. The number of hydrogen-bond acceptors (Lipinski definition) is 2. The fourth-order valence-electron chi connectivity index (χ4n) is 1.30. The fraction of sp³-hybridized carbons (Fsp3) is 0.417. The van der Waals surface area contributed by atoms with Crippen LogP contribution in [0, 0.1) is 17.5 Å². The van der Waals surface area contributed by atoms with Gasteiger partial charge in [0.1, 0.15) is 0 Å². The van der Waals surface area contributed by atoms with Crippen molar-refractivity contribution in [1.82, 2.24) is 0 Å². The molecule has 0 radical (unpaired) electrons. The zero-order chi connectivity index (χ0) is 13.5. The molecule has 6 heteroatoms. The molecule has 3 nitrogen and oxygen atoms in total. The molecule has 1 aromatic rings. The van der Waals surface area contributed by atoms with Crippen LogP contribution in [-0.4, -0.2) is 12.7 Å². The summed E-state index contributed by atoms with van der Waals surface area (Å²) < 4.78 is 43.1. The number of nitrogens with one attached hydrogen (secondary N) is 1. The highest BCUT2D eigenvalue weighted by molar-refractivity contribution is 5.84. The molecule has 0 heterocycles. The number of halogens is 3. The molecule has 0 saturated heterocycles. The van der Waals surface area contributed by atoms with E-state index in [0.717, 1.165) is 19.3 Å². The van der Waals surface area contributed by atoms with E-state index < -0.39 is 23.5 Å². The number of hydrogen-bond donors (Lipinski definition) is 1. The van der Waals surface area contributed by atoms with E-state index in [1.165, 1.54) is 0 Å². The Morgan fingerprint density at radius 3 is 2.39 bits per heavy atom. The third-order valence-corrected chi connectivity index (χ3v) is 2.21. The summed E-state index contributed by atoms with van der Waals surface area (Å²) in [5.74, 6) is -4.30. The van der Waals surface area contributed by atoms with Gasteiger partial charge in [-0.05, 0) is 6.42 Å². The largest absolute Gasteiger partial charge is 0.449 e. The molecular formula is C12H14F3NO2. The van der Waals surface area contributed by atoms with Gasteiger partial charge in [-0.2, -0.15) is 0 Å². The van der Waals surface area contributed by atoms with Crippen LogP contribution in [0.2, 0.25) is 0 Å². The molecule has 0 unspecified atom stereocenters. The average Bonchev–Trinajstić information content (AvgIpc) is 2.31. The number of unbranched alkanes of at least 4 members (excludes halogenated alkanes) is 2. The summed E-state index contributed by atoms with van der Waals surface area (Å²) in [6.45, 7) is 2.23. The molecule has 0 spiro atoms. The lowest BCUT2D eigenvalue weighted by Gasteiger charge is -2.07. The maximum atomic E-state index is 12.8. The van der Waals surface area contributed by atoms with E-state index in [-0.39, 0.29) is 12.3 Å². The summed E-state index contributed by atoms with van der Waals surface area (Å²) in [6, 6.07) is 1.37. The molecule has 0 aliphatic heterocycles. The van der Waals surface area contributed by atoms with E-state index >= 15 is 0 Å². The molecule has 0 fully saturated rings. The second kappa shape index (κ2) is 6.88. The standard InChI is InChI=1S/C12H14F3NO2/c1-2-3-4-5-18-12(17)16-8-6-9(13)11(15)10(14)7-8/h6-7H,2-5H2,1H3,(H,16,17). The Bertz CT molecular complexity index is 401. The van der Waals surface area contributed by atoms with Crippen molar-refractivity contribution in [2.45, 2.75) is 26.2 Å². The predicted molar refractivity (Wildman–Crippen MR) is 60.8 cm³/mol. The van der Waals surface area contributed by atoms with Crippen molar-refractivity contribution in [3.63, 3.8) is 0 Å². The second-order valence-electron chi connectivity index (χ2n) is 3.72. The fourth-order valence-corrected chi connectivity index (χ4v) is 1.30. The van der Waals surface area contributed by atoms with Gasteiger partial charge in [-0.3, -0.25) is 5.32 Å². The van der Waals surface area contributed by atoms with Crippen LogP contribution in [0.15, 0.2) is 12.1 Å². The molecule has 0 bridgehead atoms. The first kappa shape index (κ1) is 14.3. The van der Waals surface area contributed by atoms with Gasteiger partial charge in [-0.25, -0.2) is 18.0 Å². The molecule has 1 N–H and O–H groups in total. The highest BCUT2D eigenvalue weighted by Crippen LogP contribution is 2.17. The number of carbonyl (C=O) groups excluding carboxylic acids is 1. The van der Waals surface area contributed by atoms with E-state index in [9.17, 15) is 18.0 Å². The van der Waals surface area contributed by atoms with Crippen LogP contribution in [0.1, 0.15) is 26.2 Å². The van der Waals surface area contributed by atoms with Gasteiger partial charge in [0.15, 0.2) is 17.5 Å². The number of benzene rings is 1. The van der Waals surface area contributed by atoms with Crippen LogP contribution in [0.25, 0.3) is 0 Å². The highest BCUT2D eigenvalue weighted by Gasteiger charge is 2.12. The van der Waals surface area contributed by atoms with Crippen LogP contribution in [0.5, 0.6) is 0 Å². The Labute approximate surface area is 103 Å². The Hall–Kier alpha value is -1.72. The first-order valence-electron chi connectivity index (χ1n) is 5.63. The molecule has 0 saturated carbocycles. The van der Waals surface area contributed by atoms with Crippen LogP contribution in [-0.2, 0) is 4.74 Å². The zero-order valence-electron chi connectivity index (χ0n) is 9.93. The number of carbonyl (C=O) groups is 1. The van der Waals surface area contributed by atoms with Crippen molar-refractivity contribution >= 4 is 11.8 Å². The van der Waals surface area contributed by atoms with Crippen molar-refractivity contribution in [3.05, 3.63) is 29.6 Å². The second-order valence-corrected chi connectivity index (χ2v) is 3.72. The predicted octanol–water partition coefficient (Wildman–Crippen LogP) is 3.84. The minimum atomic E-state index is -1.57. The molecule has 0 atom stereocenters. The van der Waals surface area contributed by atoms with Crippen molar-refractivity contribution in [3.8, 4) is 0 Å². The lowest BCUT2D eigenvalue weighted by atomic mass is 10.3. The van der Waals surface area contributed by atoms with Crippen molar-refractivity contribution in [1.29, 1.82) is 0 Å². The number of amides is 1. The van der Waals surface area contributed by atoms with E-state index in [1.807, 2.05) is 6.92 Å². The number of anilines is 1. The number of ether oxygens (including phenoxy) is 1. The highest BCUT2D eigenvalue weighted by atomic mass is 19.2. The topological polar surface area (TPSA) is 38.3 Å². The van der Waals surface area contributed by atoms with Crippen LogP contribution >= 0.6 is 0 Å². The Morgan fingerprint density at radius 2 is 1.83 bits per heavy atom. The Kier molecular flexibility index (Phi) is 5.48. The average molecular weight is 261 g/mol. The third kappa shape index (κ3) is 4.27. The van der Waals surface area contributed by atoms with Gasteiger partial charge in [-0.1, -0.05) is 19.8 Å². The summed E-state index contributed by atoms with van der Waals surface area (Å²) in [5.41, 5.74) is -0.188. The normalized spacial score (nSPS) is 10.2. The molecular weight excluding hydrogens is 247 g/mol. The number of rotatable bonds is 5. The van der Waals surface area contributed by atoms with Crippen LogP contribution in [0.4, 0.5) is 23.7 Å². The van der Waals surface area contributed by atoms with Gasteiger partial charge >= 0.3 is 6.09 Å². The SMILES string of the molecule is CCCCCOC(=O)Nc1cc(F)c(F)c(F)c1. The minimum Gasteiger partial charge on any atom is -0.449 e. The van der Waals surface area contributed by atoms with Crippen molar-refractivity contribution in [2.75, 3.05) is 11.9 Å². The third-order valence-electron chi connectivity index (χ3n) is 2.21. The maximum Gasteiger partial charge on any atom is 0.411 e.